The third kappa shape index (κ3) is 3.73. The summed E-state index contributed by atoms with van der Waals surface area (Å²) < 4.78 is 0. The van der Waals surface area contributed by atoms with E-state index >= 15 is 0 Å². The molecule has 0 unspecified atom stereocenters. The SMILES string of the molecule is Br.Br.O.O=Cc1cc2ccccc2cc1C=O. The van der Waals surface area contributed by atoms with Crippen LogP contribution < -0.4 is 0 Å². The molecule has 0 aliphatic heterocycles. The molecule has 2 aromatic carbocycles. The first-order chi connectivity index (χ1) is 6.85. The van der Waals surface area contributed by atoms with Crippen LogP contribution in [0.3, 0.4) is 0 Å². The number of benzene rings is 2. The van der Waals surface area contributed by atoms with Crippen LogP contribution in [0, 0.1) is 0 Å². The molecule has 0 fully saturated rings. The summed E-state index contributed by atoms with van der Waals surface area (Å²) in [6.45, 7) is 0. The summed E-state index contributed by atoms with van der Waals surface area (Å²) in [5.41, 5.74) is 0.886. The van der Waals surface area contributed by atoms with Crippen molar-refractivity contribution in [3.8, 4) is 0 Å². The smallest absolute Gasteiger partial charge is 0.150 e. The van der Waals surface area contributed by atoms with E-state index < -0.39 is 0 Å². The van der Waals surface area contributed by atoms with Crippen LogP contribution in [0.15, 0.2) is 36.4 Å². The minimum Gasteiger partial charge on any atom is -0.412 e. The van der Waals surface area contributed by atoms with Gasteiger partial charge in [-0.3, -0.25) is 9.59 Å². The van der Waals surface area contributed by atoms with E-state index in [1.54, 1.807) is 12.1 Å². The summed E-state index contributed by atoms with van der Waals surface area (Å²) in [5.74, 6) is 0. The highest BCUT2D eigenvalue weighted by Crippen LogP contribution is 2.17. The zero-order valence-electron chi connectivity index (χ0n) is 8.75. The van der Waals surface area contributed by atoms with Crippen molar-refractivity contribution >= 4 is 57.3 Å². The van der Waals surface area contributed by atoms with Crippen molar-refractivity contribution in [3.63, 3.8) is 0 Å². The van der Waals surface area contributed by atoms with Crippen LogP contribution in [0.4, 0.5) is 0 Å². The summed E-state index contributed by atoms with van der Waals surface area (Å²) in [5, 5.41) is 1.94. The predicted octanol–water partition coefficient (Wildman–Crippen LogP) is 2.80. The summed E-state index contributed by atoms with van der Waals surface area (Å²) in [4.78, 5) is 21.3. The van der Waals surface area contributed by atoms with E-state index in [-0.39, 0.29) is 39.4 Å². The Morgan fingerprint density at radius 3 is 1.41 bits per heavy atom. The fourth-order valence-electron chi connectivity index (χ4n) is 1.48. The Kier molecular flexibility index (Phi) is 8.74. The van der Waals surface area contributed by atoms with Gasteiger partial charge in [-0.05, 0) is 22.9 Å². The van der Waals surface area contributed by atoms with E-state index in [9.17, 15) is 9.59 Å². The first-order valence-electron chi connectivity index (χ1n) is 4.28. The Balaban J connectivity index is 0. The lowest BCUT2D eigenvalue weighted by Gasteiger charge is -2.00. The molecule has 17 heavy (non-hydrogen) atoms. The quantitative estimate of drug-likeness (QED) is 0.770. The molecule has 0 spiro atoms. The normalized spacial score (nSPS) is 8.24. The van der Waals surface area contributed by atoms with Gasteiger partial charge in [-0.25, -0.2) is 0 Å². The van der Waals surface area contributed by atoms with Crippen LogP contribution in [-0.4, -0.2) is 18.0 Å². The van der Waals surface area contributed by atoms with Crippen molar-refractivity contribution in [3.05, 3.63) is 47.5 Å². The van der Waals surface area contributed by atoms with E-state index in [2.05, 4.69) is 0 Å². The van der Waals surface area contributed by atoms with Gasteiger partial charge in [0, 0.05) is 11.1 Å². The minimum absolute atomic E-state index is 0. The number of aldehydes is 2. The summed E-state index contributed by atoms with van der Waals surface area (Å²) in [6, 6.07) is 11.1. The molecule has 0 aliphatic rings. The highest BCUT2D eigenvalue weighted by molar-refractivity contribution is 8.93. The van der Waals surface area contributed by atoms with Crippen molar-refractivity contribution in [2.24, 2.45) is 0 Å². The van der Waals surface area contributed by atoms with Gasteiger partial charge in [-0.15, -0.1) is 34.0 Å². The van der Waals surface area contributed by atoms with E-state index in [1.807, 2.05) is 24.3 Å². The largest absolute Gasteiger partial charge is 0.412 e. The van der Waals surface area contributed by atoms with Gasteiger partial charge in [0.25, 0.3) is 0 Å². The number of halogens is 2. The highest BCUT2D eigenvalue weighted by Gasteiger charge is 2.02. The van der Waals surface area contributed by atoms with E-state index in [0.29, 0.717) is 23.7 Å². The predicted molar refractivity (Wildman–Crippen MR) is 79.0 cm³/mol. The average molecular weight is 364 g/mol. The van der Waals surface area contributed by atoms with E-state index in [0.717, 1.165) is 10.8 Å². The van der Waals surface area contributed by atoms with Gasteiger partial charge in [0.1, 0.15) is 0 Å². The molecule has 2 rings (SSSR count). The first kappa shape index (κ1) is 18.3. The number of fused-ring (bicyclic) bond motifs is 1. The van der Waals surface area contributed by atoms with E-state index in [1.165, 1.54) is 0 Å². The number of hydrogen-bond acceptors (Lipinski definition) is 2. The molecule has 2 aromatic rings. The van der Waals surface area contributed by atoms with Crippen molar-refractivity contribution < 1.29 is 15.1 Å². The van der Waals surface area contributed by atoms with Crippen molar-refractivity contribution in [2.45, 2.75) is 0 Å². The second-order valence-electron chi connectivity index (χ2n) is 3.06. The van der Waals surface area contributed by atoms with Crippen LogP contribution in [0.25, 0.3) is 10.8 Å². The van der Waals surface area contributed by atoms with Crippen molar-refractivity contribution in [1.82, 2.24) is 0 Å². The maximum Gasteiger partial charge on any atom is 0.150 e. The summed E-state index contributed by atoms with van der Waals surface area (Å²) in [6.07, 6.45) is 1.41. The Morgan fingerprint density at radius 2 is 1.12 bits per heavy atom. The molecule has 0 atom stereocenters. The fourth-order valence-corrected chi connectivity index (χ4v) is 1.48. The third-order valence-electron chi connectivity index (χ3n) is 2.21. The van der Waals surface area contributed by atoms with Crippen LogP contribution in [0.2, 0.25) is 0 Å². The Morgan fingerprint density at radius 1 is 0.765 bits per heavy atom. The molecule has 0 aliphatic carbocycles. The Bertz CT molecular complexity index is 466. The van der Waals surface area contributed by atoms with Gasteiger partial charge >= 0.3 is 0 Å². The van der Waals surface area contributed by atoms with Crippen molar-refractivity contribution in [1.29, 1.82) is 0 Å². The average Bonchev–Trinajstić information content (AvgIpc) is 2.27. The Hall–Kier alpha value is -1.04. The van der Waals surface area contributed by atoms with Crippen LogP contribution in [0.5, 0.6) is 0 Å². The maximum absolute atomic E-state index is 10.7. The number of carbonyl (C=O) groups is 2. The first-order valence-corrected chi connectivity index (χ1v) is 4.28. The molecule has 2 N–H and O–H groups in total. The van der Waals surface area contributed by atoms with Gasteiger partial charge in [0.05, 0.1) is 0 Å². The summed E-state index contributed by atoms with van der Waals surface area (Å²) >= 11 is 0. The molecule has 3 nitrogen and oxygen atoms in total. The third-order valence-corrected chi connectivity index (χ3v) is 2.21. The van der Waals surface area contributed by atoms with Gasteiger partial charge < -0.3 is 5.48 Å². The molecule has 0 saturated carbocycles. The fraction of sp³-hybridized carbons (Fsp3) is 0. The minimum atomic E-state index is 0. The lowest BCUT2D eigenvalue weighted by atomic mass is 10.0. The van der Waals surface area contributed by atoms with Crippen LogP contribution >= 0.6 is 34.0 Å². The number of hydrogen-bond donors (Lipinski definition) is 0. The van der Waals surface area contributed by atoms with Crippen LogP contribution in [-0.2, 0) is 0 Å². The second-order valence-corrected chi connectivity index (χ2v) is 3.06. The van der Waals surface area contributed by atoms with Gasteiger partial charge in [-0.2, -0.15) is 0 Å². The maximum atomic E-state index is 10.7. The molecule has 0 aromatic heterocycles. The molecule has 0 amide bonds. The molecule has 0 heterocycles. The zero-order valence-corrected chi connectivity index (χ0v) is 12.2. The number of rotatable bonds is 2. The van der Waals surface area contributed by atoms with Gasteiger partial charge in [0.15, 0.2) is 12.6 Å². The molecular weight excluding hydrogens is 352 g/mol. The molecular formula is C12H12Br2O3. The molecule has 92 valence electrons. The molecule has 0 saturated heterocycles. The molecule has 0 bridgehead atoms. The van der Waals surface area contributed by atoms with Gasteiger partial charge in [-0.1, -0.05) is 24.3 Å². The Labute approximate surface area is 120 Å². The standard InChI is InChI=1S/C12H8O2.2BrH.H2O/c13-7-11-5-9-3-1-2-4-10(9)6-12(11)8-14;;;/h1-8H;2*1H;1H2. The monoisotopic (exact) mass is 362 g/mol. The van der Waals surface area contributed by atoms with Gasteiger partial charge in [0.2, 0.25) is 0 Å². The molecule has 0 radical (unpaired) electrons. The highest BCUT2D eigenvalue weighted by atomic mass is 79.9. The van der Waals surface area contributed by atoms with E-state index in [4.69, 9.17) is 0 Å². The lowest BCUT2D eigenvalue weighted by molar-refractivity contribution is 0.109. The number of carbonyl (C=O) groups excluding carboxylic acids is 2. The molecule has 5 heteroatoms. The van der Waals surface area contributed by atoms with Crippen LogP contribution in [0.1, 0.15) is 20.7 Å². The topological polar surface area (TPSA) is 65.6 Å². The van der Waals surface area contributed by atoms with Crippen molar-refractivity contribution in [2.75, 3.05) is 0 Å². The summed E-state index contributed by atoms with van der Waals surface area (Å²) in [7, 11) is 0. The zero-order chi connectivity index (χ0) is 9.97. The lowest BCUT2D eigenvalue weighted by Crippen LogP contribution is -1.90. The second kappa shape index (κ2) is 8.11.